The van der Waals surface area contributed by atoms with E-state index in [0.29, 0.717) is 58.3 Å². The minimum atomic E-state index is -0.227. The Morgan fingerprint density at radius 2 is 1.07 bits per heavy atom. The number of aldehydes is 1. The van der Waals surface area contributed by atoms with Crippen molar-refractivity contribution in [2.45, 2.75) is 84.0 Å². The second-order valence-electron chi connectivity index (χ2n) is 6.30. The number of carbonyl (C=O) groups is 4. The number of esters is 3. The highest BCUT2D eigenvalue weighted by Gasteiger charge is 2.05. The van der Waals surface area contributed by atoms with Gasteiger partial charge < -0.3 is 19.0 Å². The van der Waals surface area contributed by atoms with Gasteiger partial charge in [-0.1, -0.05) is 19.8 Å². The monoisotopic (exact) mass is 386 g/mol. The van der Waals surface area contributed by atoms with E-state index in [9.17, 15) is 19.2 Å². The summed E-state index contributed by atoms with van der Waals surface area (Å²) in [6.07, 6.45) is 8.58. The summed E-state index contributed by atoms with van der Waals surface area (Å²) in [7, 11) is 0. The highest BCUT2D eigenvalue weighted by Crippen LogP contribution is 2.06. The molecule has 0 unspecified atom stereocenters. The Kier molecular flexibility index (Phi) is 17.5. The SMILES string of the molecule is CCC(=O)OCCCCC(=O)OCCCCCCC(=O)OCCCCC=O. The number of hydrogen-bond acceptors (Lipinski definition) is 7. The average Bonchev–Trinajstić information content (AvgIpc) is 2.66. The molecule has 0 aliphatic carbocycles. The van der Waals surface area contributed by atoms with E-state index in [1.54, 1.807) is 6.92 Å². The normalized spacial score (nSPS) is 10.3. The predicted octanol–water partition coefficient (Wildman–Crippen LogP) is 3.52. The molecule has 7 heteroatoms. The van der Waals surface area contributed by atoms with Gasteiger partial charge in [0.15, 0.2) is 0 Å². The standard InChI is InChI=1S/C20H34O7/c1-2-18(22)25-17-11-7-13-20(24)26-15-9-4-3-6-12-19(23)27-16-10-5-8-14-21/h14H,2-13,15-17H2,1H3. The average molecular weight is 386 g/mol. The third-order valence-corrected chi connectivity index (χ3v) is 3.84. The number of ether oxygens (including phenoxy) is 3. The smallest absolute Gasteiger partial charge is 0.305 e. The van der Waals surface area contributed by atoms with Crippen LogP contribution in [0.25, 0.3) is 0 Å². The van der Waals surface area contributed by atoms with Crippen LogP contribution in [-0.2, 0) is 33.4 Å². The maximum Gasteiger partial charge on any atom is 0.305 e. The molecule has 0 aliphatic rings. The van der Waals surface area contributed by atoms with Gasteiger partial charge in [0.25, 0.3) is 0 Å². The van der Waals surface area contributed by atoms with Crippen molar-refractivity contribution in [3.05, 3.63) is 0 Å². The zero-order chi connectivity index (χ0) is 20.2. The van der Waals surface area contributed by atoms with Crippen molar-refractivity contribution in [1.82, 2.24) is 0 Å². The van der Waals surface area contributed by atoms with Crippen LogP contribution in [-0.4, -0.2) is 44.0 Å². The summed E-state index contributed by atoms with van der Waals surface area (Å²) in [6, 6.07) is 0. The fraction of sp³-hybridized carbons (Fsp3) is 0.800. The highest BCUT2D eigenvalue weighted by atomic mass is 16.5. The van der Waals surface area contributed by atoms with Gasteiger partial charge in [0, 0.05) is 25.7 Å². The fourth-order valence-corrected chi connectivity index (χ4v) is 2.23. The Hall–Kier alpha value is -1.92. The molecule has 0 heterocycles. The molecule has 27 heavy (non-hydrogen) atoms. The number of unbranched alkanes of at least 4 members (excludes halogenated alkanes) is 6. The quantitative estimate of drug-likeness (QED) is 0.154. The van der Waals surface area contributed by atoms with Crippen LogP contribution in [0.2, 0.25) is 0 Å². The lowest BCUT2D eigenvalue weighted by atomic mass is 10.1. The van der Waals surface area contributed by atoms with Crippen LogP contribution in [0.5, 0.6) is 0 Å². The lowest BCUT2D eigenvalue weighted by molar-refractivity contribution is -0.145. The van der Waals surface area contributed by atoms with Gasteiger partial charge in [-0.05, 0) is 38.5 Å². The van der Waals surface area contributed by atoms with E-state index >= 15 is 0 Å². The molecular weight excluding hydrogens is 352 g/mol. The molecule has 0 rings (SSSR count). The molecule has 0 aliphatic heterocycles. The van der Waals surface area contributed by atoms with E-state index in [1.807, 2.05) is 0 Å². The zero-order valence-electron chi connectivity index (χ0n) is 16.5. The van der Waals surface area contributed by atoms with Crippen molar-refractivity contribution < 1.29 is 33.4 Å². The van der Waals surface area contributed by atoms with E-state index in [0.717, 1.165) is 44.8 Å². The Bertz CT molecular complexity index is 421. The molecule has 0 bridgehead atoms. The van der Waals surface area contributed by atoms with Crippen LogP contribution in [0.15, 0.2) is 0 Å². The van der Waals surface area contributed by atoms with Gasteiger partial charge in [0.05, 0.1) is 19.8 Å². The number of carbonyl (C=O) groups excluding carboxylic acids is 4. The molecule has 0 aromatic rings. The van der Waals surface area contributed by atoms with Gasteiger partial charge in [-0.2, -0.15) is 0 Å². The Morgan fingerprint density at radius 3 is 1.63 bits per heavy atom. The molecule has 0 spiro atoms. The second-order valence-corrected chi connectivity index (χ2v) is 6.30. The number of rotatable bonds is 18. The van der Waals surface area contributed by atoms with Crippen molar-refractivity contribution in [3.63, 3.8) is 0 Å². The van der Waals surface area contributed by atoms with Gasteiger partial charge >= 0.3 is 17.9 Å². The molecule has 0 saturated carbocycles. The van der Waals surface area contributed by atoms with Gasteiger partial charge in [0.2, 0.25) is 0 Å². The minimum Gasteiger partial charge on any atom is -0.466 e. The molecule has 0 amide bonds. The summed E-state index contributed by atoms with van der Waals surface area (Å²) < 4.78 is 15.1. The second kappa shape index (κ2) is 18.9. The Labute approximate surface area is 162 Å². The van der Waals surface area contributed by atoms with Gasteiger partial charge in [0.1, 0.15) is 6.29 Å². The molecule has 7 nitrogen and oxygen atoms in total. The van der Waals surface area contributed by atoms with E-state index in [1.165, 1.54) is 0 Å². The van der Waals surface area contributed by atoms with Gasteiger partial charge in [-0.3, -0.25) is 14.4 Å². The number of hydrogen-bond donors (Lipinski definition) is 0. The fourth-order valence-electron chi connectivity index (χ4n) is 2.23. The third kappa shape index (κ3) is 18.7. The van der Waals surface area contributed by atoms with E-state index < -0.39 is 0 Å². The molecule has 0 N–H and O–H groups in total. The van der Waals surface area contributed by atoms with Crippen molar-refractivity contribution in [2.75, 3.05) is 19.8 Å². The predicted molar refractivity (Wildman–Crippen MR) is 100 cm³/mol. The summed E-state index contributed by atoms with van der Waals surface area (Å²) in [5.74, 6) is -0.646. The topological polar surface area (TPSA) is 96.0 Å². The highest BCUT2D eigenvalue weighted by molar-refractivity contribution is 5.69. The van der Waals surface area contributed by atoms with Crippen LogP contribution in [0.3, 0.4) is 0 Å². The molecular formula is C20H34O7. The third-order valence-electron chi connectivity index (χ3n) is 3.84. The van der Waals surface area contributed by atoms with Crippen LogP contribution < -0.4 is 0 Å². The van der Waals surface area contributed by atoms with Crippen LogP contribution in [0.4, 0.5) is 0 Å². The summed E-state index contributed by atoms with van der Waals surface area (Å²) in [4.78, 5) is 44.1. The van der Waals surface area contributed by atoms with Crippen molar-refractivity contribution >= 4 is 24.2 Å². The molecule has 0 aromatic carbocycles. The van der Waals surface area contributed by atoms with Crippen LogP contribution >= 0.6 is 0 Å². The molecule has 0 aromatic heterocycles. The Balaban J connectivity index is 3.33. The van der Waals surface area contributed by atoms with E-state index in [-0.39, 0.29) is 17.9 Å². The maximum atomic E-state index is 11.5. The van der Waals surface area contributed by atoms with Gasteiger partial charge in [-0.15, -0.1) is 0 Å². The van der Waals surface area contributed by atoms with E-state index in [4.69, 9.17) is 14.2 Å². The molecule has 0 saturated heterocycles. The van der Waals surface area contributed by atoms with Crippen molar-refractivity contribution in [3.8, 4) is 0 Å². The summed E-state index contributed by atoms with van der Waals surface area (Å²) >= 11 is 0. The molecule has 156 valence electrons. The molecule has 0 fully saturated rings. The summed E-state index contributed by atoms with van der Waals surface area (Å²) in [6.45, 7) is 2.86. The van der Waals surface area contributed by atoms with Crippen LogP contribution in [0.1, 0.15) is 84.0 Å². The lowest BCUT2D eigenvalue weighted by Crippen LogP contribution is -2.08. The maximum absolute atomic E-state index is 11.5. The first kappa shape index (κ1) is 25.1. The lowest BCUT2D eigenvalue weighted by Gasteiger charge is -2.06. The first-order valence-electron chi connectivity index (χ1n) is 10.0. The first-order chi connectivity index (χ1) is 13.1. The summed E-state index contributed by atoms with van der Waals surface area (Å²) in [5, 5.41) is 0. The van der Waals surface area contributed by atoms with Crippen molar-refractivity contribution in [2.24, 2.45) is 0 Å². The van der Waals surface area contributed by atoms with E-state index in [2.05, 4.69) is 0 Å². The summed E-state index contributed by atoms with van der Waals surface area (Å²) in [5.41, 5.74) is 0. The van der Waals surface area contributed by atoms with Crippen molar-refractivity contribution in [1.29, 1.82) is 0 Å². The largest absolute Gasteiger partial charge is 0.466 e. The zero-order valence-corrected chi connectivity index (χ0v) is 16.5. The molecule has 0 atom stereocenters. The molecule has 0 radical (unpaired) electrons. The van der Waals surface area contributed by atoms with Crippen LogP contribution in [0, 0.1) is 0 Å². The first-order valence-corrected chi connectivity index (χ1v) is 10.0. The Morgan fingerprint density at radius 1 is 0.630 bits per heavy atom. The van der Waals surface area contributed by atoms with Gasteiger partial charge in [-0.25, -0.2) is 0 Å². The minimum absolute atomic E-state index is 0.197.